The number of ketones is 2. The Bertz CT molecular complexity index is 1260. The van der Waals surface area contributed by atoms with Crippen LogP contribution in [0.5, 0.6) is 0 Å². The molecule has 0 saturated carbocycles. The number of esters is 1. The summed E-state index contributed by atoms with van der Waals surface area (Å²) in [6.07, 6.45) is 3.75. The Hall–Kier alpha value is -4.18. The predicted molar refractivity (Wildman–Crippen MR) is 127 cm³/mol. The van der Waals surface area contributed by atoms with Gasteiger partial charge in [0.2, 0.25) is 5.91 Å². The molecule has 3 rings (SSSR count). The number of hydrogen-bond donors (Lipinski definition) is 1. The number of aromatic nitrogens is 4. The van der Waals surface area contributed by atoms with E-state index in [0.29, 0.717) is 27.4 Å². The maximum Gasteiger partial charge on any atom is 0.308 e. The number of halogens is 1. The number of hydrogen-bond acceptors (Lipinski definition) is 8. The van der Waals surface area contributed by atoms with Crippen LogP contribution in [0.4, 0.5) is 0 Å². The van der Waals surface area contributed by atoms with Gasteiger partial charge in [0, 0.05) is 28.6 Å². The van der Waals surface area contributed by atoms with Crippen LogP contribution in [0.2, 0.25) is 5.02 Å². The number of nitrogens with zero attached hydrogens (tertiary/aromatic N) is 4. The molecular formula is C24H22ClN5O5. The van der Waals surface area contributed by atoms with Gasteiger partial charge in [0.1, 0.15) is 6.33 Å². The van der Waals surface area contributed by atoms with E-state index in [9.17, 15) is 19.2 Å². The van der Waals surface area contributed by atoms with Crippen molar-refractivity contribution in [2.24, 2.45) is 0 Å². The van der Waals surface area contributed by atoms with Gasteiger partial charge in [-0.25, -0.2) is 0 Å². The highest BCUT2D eigenvalue weighted by Crippen LogP contribution is 2.20. The summed E-state index contributed by atoms with van der Waals surface area (Å²) >= 11 is 6.09. The van der Waals surface area contributed by atoms with E-state index in [2.05, 4.69) is 25.6 Å². The molecule has 1 atom stereocenters. The number of benzene rings is 2. The molecule has 0 bridgehead atoms. The molecule has 0 radical (unpaired) electrons. The Kier molecular flexibility index (Phi) is 8.58. The quantitative estimate of drug-likeness (QED) is 0.257. The van der Waals surface area contributed by atoms with Gasteiger partial charge in [0.25, 0.3) is 0 Å². The van der Waals surface area contributed by atoms with E-state index in [-0.39, 0.29) is 24.4 Å². The minimum atomic E-state index is -1.11. The van der Waals surface area contributed by atoms with Gasteiger partial charge in [-0.2, -0.15) is 4.68 Å². The van der Waals surface area contributed by atoms with Crippen molar-refractivity contribution in [3.8, 4) is 5.69 Å². The van der Waals surface area contributed by atoms with Gasteiger partial charge in [-0.3, -0.25) is 19.2 Å². The highest BCUT2D eigenvalue weighted by atomic mass is 35.5. The molecule has 10 nitrogen and oxygen atoms in total. The molecule has 3 aromatic rings. The number of rotatable bonds is 10. The van der Waals surface area contributed by atoms with Crippen LogP contribution >= 0.6 is 11.6 Å². The van der Waals surface area contributed by atoms with Crippen LogP contribution in [-0.2, 0) is 25.5 Å². The number of Topliss-reactive ketones (excluding diaryl/α,β-unsaturated/α-hetero) is 2. The number of nitrogens with one attached hydrogen (secondary N) is 1. The smallest absolute Gasteiger partial charge is 0.308 e. The van der Waals surface area contributed by atoms with Crippen molar-refractivity contribution < 1.29 is 23.9 Å². The number of carbonyl (C=O) groups is 4. The topological polar surface area (TPSA) is 133 Å². The van der Waals surface area contributed by atoms with Gasteiger partial charge < -0.3 is 10.1 Å². The number of carbonyl (C=O) groups excluding carboxylic acids is 4. The lowest BCUT2D eigenvalue weighted by molar-refractivity contribution is -0.143. The van der Waals surface area contributed by atoms with Gasteiger partial charge in [0.05, 0.1) is 25.3 Å². The summed E-state index contributed by atoms with van der Waals surface area (Å²) in [7, 11) is 1.20. The molecule has 0 aliphatic heterocycles. The summed E-state index contributed by atoms with van der Waals surface area (Å²) in [5, 5.41) is 14.0. The Labute approximate surface area is 205 Å². The van der Waals surface area contributed by atoms with Gasteiger partial charge >= 0.3 is 5.97 Å². The van der Waals surface area contributed by atoms with Crippen LogP contribution in [0.15, 0.2) is 54.9 Å². The molecule has 1 heterocycles. The monoisotopic (exact) mass is 495 g/mol. The fraction of sp³-hybridized carbons (Fsp3) is 0.208. The van der Waals surface area contributed by atoms with Gasteiger partial charge in [0.15, 0.2) is 11.6 Å². The predicted octanol–water partition coefficient (Wildman–Crippen LogP) is 2.39. The molecule has 0 aliphatic carbocycles. The molecule has 2 aromatic carbocycles. The highest BCUT2D eigenvalue weighted by Gasteiger charge is 2.24. The number of tetrazole rings is 1. The van der Waals surface area contributed by atoms with Crippen molar-refractivity contribution >= 4 is 41.1 Å². The first-order chi connectivity index (χ1) is 16.8. The van der Waals surface area contributed by atoms with Crippen molar-refractivity contribution in [3.63, 3.8) is 0 Å². The first kappa shape index (κ1) is 25.4. The Morgan fingerprint density at radius 1 is 1.14 bits per heavy atom. The zero-order valence-electron chi connectivity index (χ0n) is 19.0. The SMILES string of the molecule is COC(=O)C[C@H](NC(=O)/C=C/c1cc(Cl)ccc1-n1cnnn1)C(=O)Cc1ccc(C(C)=O)cc1. The minimum Gasteiger partial charge on any atom is -0.469 e. The lowest BCUT2D eigenvalue weighted by Gasteiger charge is -2.16. The largest absolute Gasteiger partial charge is 0.469 e. The normalized spacial score (nSPS) is 11.7. The van der Waals surface area contributed by atoms with E-state index in [1.54, 1.807) is 42.5 Å². The fourth-order valence-electron chi connectivity index (χ4n) is 3.20. The second-order valence-corrected chi connectivity index (χ2v) is 7.96. The molecule has 1 amide bonds. The van der Waals surface area contributed by atoms with Crippen molar-refractivity contribution in [1.29, 1.82) is 0 Å². The van der Waals surface area contributed by atoms with Crippen molar-refractivity contribution in [2.75, 3.05) is 7.11 Å². The summed E-state index contributed by atoms with van der Waals surface area (Å²) < 4.78 is 6.08. The molecule has 0 fully saturated rings. The van der Waals surface area contributed by atoms with E-state index in [1.165, 1.54) is 37.2 Å². The van der Waals surface area contributed by atoms with Crippen LogP contribution in [-0.4, -0.2) is 56.8 Å². The number of ether oxygens (including phenoxy) is 1. The maximum atomic E-state index is 12.9. The summed E-state index contributed by atoms with van der Waals surface area (Å²) in [5.41, 5.74) is 2.30. The number of methoxy groups -OCH3 is 1. The molecule has 1 aromatic heterocycles. The Balaban J connectivity index is 1.74. The van der Waals surface area contributed by atoms with E-state index in [4.69, 9.17) is 11.6 Å². The first-order valence-corrected chi connectivity index (χ1v) is 10.9. The second-order valence-electron chi connectivity index (χ2n) is 7.53. The summed E-state index contributed by atoms with van der Waals surface area (Å²) in [5.74, 6) is -1.71. The van der Waals surface area contributed by atoms with E-state index in [0.717, 1.165) is 0 Å². The zero-order chi connectivity index (χ0) is 25.4. The Morgan fingerprint density at radius 2 is 1.89 bits per heavy atom. The average molecular weight is 496 g/mol. The van der Waals surface area contributed by atoms with E-state index >= 15 is 0 Å². The Morgan fingerprint density at radius 3 is 2.51 bits per heavy atom. The molecule has 180 valence electrons. The van der Waals surface area contributed by atoms with Crippen LogP contribution in [0.1, 0.15) is 34.8 Å². The molecule has 35 heavy (non-hydrogen) atoms. The molecule has 0 spiro atoms. The third kappa shape index (κ3) is 7.15. The average Bonchev–Trinajstić information content (AvgIpc) is 3.37. The molecule has 1 N–H and O–H groups in total. The van der Waals surface area contributed by atoms with Gasteiger partial charge in [-0.1, -0.05) is 35.9 Å². The fourth-order valence-corrected chi connectivity index (χ4v) is 3.38. The molecular weight excluding hydrogens is 474 g/mol. The van der Waals surface area contributed by atoms with Crippen LogP contribution in [0.3, 0.4) is 0 Å². The summed E-state index contributed by atoms with van der Waals surface area (Å²) in [6.45, 7) is 1.45. The lowest BCUT2D eigenvalue weighted by Crippen LogP contribution is -2.42. The highest BCUT2D eigenvalue weighted by molar-refractivity contribution is 6.30. The molecule has 0 unspecified atom stereocenters. The third-order valence-corrected chi connectivity index (χ3v) is 5.28. The molecule has 11 heteroatoms. The van der Waals surface area contributed by atoms with E-state index in [1.807, 2.05) is 0 Å². The number of amides is 1. The second kappa shape index (κ2) is 11.8. The zero-order valence-corrected chi connectivity index (χ0v) is 19.7. The van der Waals surface area contributed by atoms with Crippen LogP contribution in [0, 0.1) is 0 Å². The van der Waals surface area contributed by atoms with Crippen molar-refractivity contribution in [2.45, 2.75) is 25.8 Å². The van der Waals surface area contributed by atoms with Gasteiger partial charge in [-0.15, -0.1) is 5.10 Å². The molecule has 0 saturated heterocycles. The summed E-state index contributed by atoms with van der Waals surface area (Å²) in [4.78, 5) is 48.8. The minimum absolute atomic E-state index is 0.0401. The standard InChI is InChI=1S/C24H22ClN5O5/c1-15(31)17-5-3-16(4-6-17)11-22(32)20(13-24(34)35-2)27-23(33)10-7-18-12-19(25)8-9-21(18)30-14-26-28-29-30/h3-10,12,14,20H,11,13H2,1-2H3,(H,27,33)/b10-7+/t20-/m0/s1. The van der Waals surface area contributed by atoms with Crippen LogP contribution in [0.25, 0.3) is 11.8 Å². The van der Waals surface area contributed by atoms with Crippen LogP contribution < -0.4 is 5.32 Å². The van der Waals surface area contributed by atoms with E-state index < -0.39 is 17.9 Å². The summed E-state index contributed by atoms with van der Waals surface area (Å²) in [6, 6.07) is 10.4. The third-order valence-electron chi connectivity index (χ3n) is 5.04. The lowest BCUT2D eigenvalue weighted by atomic mass is 9.99. The van der Waals surface area contributed by atoms with Crippen molar-refractivity contribution in [1.82, 2.24) is 25.5 Å². The van der Waals surface area contributed by atoms with Crippen molar-refractivity contribution in [3.05, 3.63) is 76.6 Å². The maximum absolute atomic E-state index is 12.9. The van der Waals surface area contributed by atoms with Gasteiger partial charge in [-0.05, 0) is 47.2 Å². The first-order valence-electron chi connectivity index (χ1n) is 10.5. The molecule has 0 aliphatic rings.